The second-order valence-corrected chi connectivity index (χ2v) is 6.50. The molecule has 25 heavy (non-hydrogen) atoms. The van der Waals surface area contributed by atoms with E-state index in [9.17, 15) is 0 Å². The predicted molar refractivity (Wildman–Crippen MR) is 96.7 cm³/mol. The van der Waals surface area contributed by atoms with Gasteiger partial charge in [0.25, 0.3) is 0 Å². The fourth-order valence-electron chi connectivity index (χ4n) is 2.31. The molecule has 0 amide bonds. The zero-order valence-corrected chi connectivity index (χ0v) is 14.8. The van der Waals surface area contributed by atoms with Gasteiger partial charge in [-0.15, -0.1) is 10.2 Å². The summed E-state index contributed by atoms with van der Waals surface area (Å²) in [7, 11) is 0. The van der Waals surface area contributed by atoms with Crippen molar-refractivity contribution in [2.24, 2.45) is 0 Å². The summed E-state index contributed by atoms with van der Waals surface area (Å²) in [4.78, 5) is 4.05. The minimum Gasteiger partial charge on any atom is -0.494 e. The maximum absolute atomic E-state index is 9.12. The molecule has 3 rings (SSSR count). The molecule has 3 aromatic rings. The van der Waals surface area contributed by atoms with Crippen molar-refractivity contribution in [3.05, 3.63) is 48.8 Å². The van der Waals surface area contributed by atoms with E-state index in [0.717, 1.165) is 17.0 Å². The van der Waals surface area contributed by atoms with Gasteiger partial charge < -0.3 is 4.74 Å². The number of ether oxygens (including phenoxy) is 1. The van der Waals surface area contributed by atoms with Gasteiger partial charge in [-0.25, -0.2) is 0 Å². The Morgan fingerprint density at radius 1 is 1.16 bits per heavy atom. The summed E-state index contributed by atoms with van der Waals surface area (Å²) in [6, 6.07) is 13.7. The fraction of sp³-hybridized carbons (Fsp3) is 0.222. The van der Waals surface area contributed by atoms with Crippen molar-refractivity contribution < 1.29 is 4.74 Å². The lowest BCUT2D eigenvalue weighted by Gasteiger charge is -2.11. The predicted octanol–water partition coefficient (Wildman–Crippen LogP) is 3.73. The van der Waals surface area contributed by atoms with Gasteiger partial charge in [0, 0.05) is 23.6 Å². The number of hydrogen-bond acceptors (Lipinski definition) is 6. The minimum atomic E-state index is -0.226. The zero-order chi connectivity index (χ0) is 17.6. The lowest BCUT2D eigenvalue weighted by molar-refractivity contribution is 0.340. The molecular formula is C18H17N5OS. The third kappa shape index (κ3) is 3.80. The van der Waals surface area contributed by atoms with Crippen LogP contribution < -0.4 is 4.74 Å². The monoisotopic (exact) mass is 351 g/mol. The molecule has 2 heterocycles. The number of aromatic nitrogens is 4. The Hall–Kier alpha value is -2.85. The normalized spacial score (nSPS) is 11.7. The highest BCUT2D eigenvalue weighted by Crippen LogP contribution is 2.30. The van der Waals surface area contributed by atoms with E-state index in [1.54, 1.807) is 12.4 Å². The van der Waals surface area contributed by atoms with Crippen molar-refractivity contribution in [1.29, 1.82) is 5.26 Å². The van der Waals surface area contributed by atoms with Crippen molar-refractivity contribution in [3.8, 4) is 28.9 Å². The van der Waals surface area contributed by atoms with E-state index in [4.69, 9.17) is 10.00 Å². The van der Waals surface area contributed by atoms with Gasteiger partial charge in [-0.05, 0) is 50.2 Å². The van der Waals surface area contributed by atoms with Crippen molar-refractivity contribution in [1.82, 2.24) is 19.7 Å². The van der Waals surface area contributed by atoms with Gasteiger partial charge >= 0.3 is 0 Å². The van der Waals surface area contributed by atoms with Crippen molar-refractivity contribution >= 4 is 11.8 Å². The third-order valence-electron chi connectivity index (χ3n) is 3.44. The number of pyridine rings is 1. The highest BCUT2D eigenvalue weighted by atomic mass is 32.2. The van der Waals surface area contributed by atoms with E-state index in [-0.39, 0.29) is 5.25 Å². The van der Waals surface area contributed by atoms with Crippen molar-refractivity contribution in [3.63, 3.8) is 0 Å². The van der Waals surface area contributed by atoms with E-state index in [2.05, 4.69) is 21.3 Å². The molecule has 1 atom stereocenters. The zero-order valence-electron chi connectivity index (χ0n) is 14.0. The maximum atomic E-state index is 9.12. The summed E-state index contributed by atoms with van der Waals surface area (Å²) in [6.07, 6.45) is 3.44. The molecule has 0 aliphatic carbocycles. The van der Waals surface area contributed by atoms with Gasteiger partial charge in [0.1, 0.15) is 5.75 Å². The van der Waals surface area contributed by atoms with E-state index >= 15 is 0 Å². The van der Waals surface area contributed by atoms with E-state index in [1.807, 2.05) is 54.8 Å². The summed E-state index contributed by atoms with van der Waals surface area (Å²) >= 11 is 1.38. The van der Waals surface area contributed by atoms with Crippen LogP contribution in [0.1, 0.15) is 13.8 Å². The topological polar surface area (TPSA) is 76.6 Å². The molecule has 0 aliphatic rings. The molecule has 0 bridgehead atoms. The average molecular weight is 351 g/mol. The Morgan fingerprint density at radius 3 is 2.52 bits per heavy atom. The standard InChI is InChI=1S/C18H17N5OS/c1-3-24-16-6-4-15(5-7-16)23-17(14-8-10-20-11-9-14)21-22-18(23)25-13(2)12-19/h4-11,13H,3H2,1-2H3. The molecule has 126 valence electrons. The first kappa shape index (κ1) is 17.0. The molecule has 0 saturated carbocycles. The molecule has 0 aliphatic heterocycles. The van der Waals surface area contributed by atoms with Crippen LogP contribution in [-0.2, 0) is 0 Å². The second-order valence-electron chi connectivity index (χ2n) is 5.19. The third-order valence-corrected chi connectivity index (χ3v) is 4.38. The van der Waals surface area contributed by atoms with Gasteiger partial charge in [-0.1, -0.05) is 11.8 Å². The van der Waals surface area contributed by atoms with Gasteiger partial charge in [-0.2, -0.15) is 5.26 Å². The average Bonchev–Trinajstić information content (AvgIpc) is 3.06. The first-order chi connectivity index (χ1) is 12.2. The summed E-state index contributed by atoms with van der Waals surface area (Å²) in [5.41, 5.74) is 1.82. The highest BCUT2D eigenvalue weighted by molar-refractivity contribution is 8.00. The van der Waals surface area contributed by atoms with Gasteiger partial charge in [0.2, 0.25) is 0 Å². The molecular weight excluding hydrogens is 334 g/mol. The lowest BCUT2D eigenvalue weighted by atomic mass is 10.2. The molecule has 0 fully saturated rings. The van der Waals surface area contributed by atoms with Crippen LogP contribution in [0, 0.1) is 11.3 Å². The van der Waals surface area contributed by atoms with Crippen molar-refractivity contribution in [2.75, 3.05) is 6.61 Å². The van der Waals surface area contributed by atoms with Crippen LogP contribution in [0.4, 0.5) is 0 Å². The Morgan fingerprint density at radius 2 is 1.88 bits per heavy atom. The lowest BCUT2D eigenvalue weighted by Crippen LogP contribution is -2.02. The largest absolute Gasteiger partial charge is 0.494 e. The Kier molecular flexibility index (Phi) is 5.31. The molecule has 0 N–H and O–H groups in total. The number of nitrogens with zero attached hydrogens (tertiary/aromatic N) is 5. The maximum Gasteiger partial charge on any atom is 0.197 e. The van der Waals surface area contributed by atoms with E-state index in [0.29, 0.717) is 17.6 Å². The summed E-state index contributed by atoms with van der Waals surface area (Å²) < 4.78 is 7.46. The molecule has 0 radical (unpaired) electrons. The van der Waals surface area contributed by atoms with Crippen LogP contribution in [0.25, 0.3) is 17.1 Å². The van der Waals surface area contributed by atoms with Gasteiger partial charge in [-0.3, -0.25) is 9.55 Å². The molecule has 1 unspecified atom stereocenters. The van der Waals surface area contributed by atoms with Crippen LogP contribution in [0.3, 0.4) is 0 Å². The number of benzene rings is 1. The molecule has 6 nitrogen and oxygen atoms in total. The second kappa shape index (κ2) is 7.81. The SMILES string of the molecule is CCOc1ccc(-n2c(SC(C)C#N)nnc2-c2ccncc2)cc1. The molecule has 7 heteroatoms. The van der Waals surface area contributed by atoms with Crippen LogP contribution in [0.2, 0.25) is 0 Å². The number of nitriles is 1. The Bertz CT molecular complexity index is 871. The number of thioether (sulfide) groups is 1. The first-order valence-corrected chi connectivity index (χ1v) is 8.76. The molecule has 1 aromatic carbocycles. The number of rotatable bonds is 6. The smallest absolute Gasteiger partial charge is 0.197 e. The van der Waals surface area contributed by atoms with Crippen molar-refractivity contribution in [2.45, 2.75) is 24.3 Å². The molecule has 0 saturated heterocycles. The van der Waals surface area contributed by atoms with Crippen LogP contribution in [-0.4, -0.2) is 31.6 Å². The Labute approximate surface area is 150 Å². The van der Waals surface area contributed by atoms with E-state index in [1.165, 1.54) is 11.8 Å². The van der Waals surface area contributed by atoms with Crippen LogP contribution in [0.15, 0.2) is 53.9 Å². The van der Waals surface area contributed by atoms with Gasteiger partial charge in [0.05, 0.1) is 17.9 Å². The van der Waals surface area contributed by atoms with Gasteiger partial charge in [0.15, 0.2) is 11.0 Å². The highest BCUT2D eigenvalue weighted by Gasteiger charge is 2.18. The number of hydrogen-bond donors (Lipinski definition) is 0. The first-order valence-electron chi connectivity index (χ1n) is 7.88. The summed E-state index contributed by atoms with van der Waals surface area (Å²) in [5.74, 6) is 1.52. The quantitative estimate of drug-likeness (QED) is 0.630. The molecule has 0 spiro atoms. The summed E-state index contributed by atoms with van der Waals surface area (Å²) in [5, 5.41) is 18.2. The Balaban J connectivity index is 2.07. The van der Waals surface area contributed by atoms with E-state index < -0.39 is 0 Å². The minimum absolute atomic E-state index is 0.226. The van der Waals surface area contributed by atoms with Crippen LogP contribution >= 0.6 is 11.8 Å². The van der Waals surface area contributed by atoms with Crippen LogP contribution in [0.5, 0.6) is 5.75 Å². The fourth-order valence-corrected chi connectivity index (χ4v) is 3.06. The molecule has 2 aromatic heterocycles. The summed E-state index contributed by atoms with van der Waals surface area (Å²) in [6.45, 7) is 4.41.